The lowest BCUT2D eigenvalue weighted by molar-refractivity contribution is -0.274. The maximum Gasteiger partial charge on any atom is 0.573 e. The molecule has 1 aromatic heterocycles. The van der Waals surface area contributed by atoms with Crippen LogP contribution in [-0.2, 0) is 22.1 Å². The molecule has 0 amide bonds. The van der Waals surface area contributed by atoms with Crippen LogP contribution in [-0.4, -0.2) is 23.9 Å². The first-order valence-corrected chi connectivity index (χ1v) is 5.99. The van der Waals surface area contributed by atoms with E-state index in [4.69, 9.17) is 11.6 Å². The molecule has 0 N–H and O–H groups in total. The standard InChI is InChI=1S/C11H8ClF6NO3/c1-2-21-8(20)4-6-5(10(13,14)15)3-7(9(12)19-6)22-11(16,17)18/h3H,2,4H2,1H3. The summed E-state index contributed by atoms with van der Waals surface area (Å²) in [5, 5.41) is -0.954. The number of carbonyl (C=O) groups is 1. The molecule has 0 unspecified atom stereocenters. The number of hydrogen-bond acceptors (Lipinski definition) is 4. The number of hydrogen-bond donors (Lipinski definition) is 0. The molecule has 1 rings (SSSR count). The number of alkyl halides is 6. The number of aromatic nitrogens is 1. The Labute approximate surface area is 125 Å². The van der Waals surface area contributed by atoms with E-state index in [0.717, 1.165) is 0 Å². The summed E-state index contributed by atoms with van der Waals surface area (Å²) in [7, 11) is 0. The third-order valence-electron chi connectivity index (χ3n) is 2.17. The minimum absolute atomic E-state index is 0.0391. The van der Waals surface area contributed by atoms with Crippen LogP contribution in [0, 0.1) is 0 Å². The molecule has 11 heteroatoms. The fraction of sp³-hybridized carbons (Fsp3) is 0.455. The second-order valence-electron chi connectivity index (χ2n) is 3.80. The SMILES string of the molecule is CCOC(=O)Cc1nc(Cl)c(OC(F)(F)F)cc1C(F)(F)F. The lowest BCUT2D eigenvalue weighted by atomic mass is 10.1. The Hall–Kier alpha value is -1.71. The van der Waals surface area contributed by atoms with Gasteiger partial charge in [0.2, 0.25) is 0 Å². The van der Waals surface area contributed by atoms with Gasteiger partial charge in [-0.2, -0.15) is 13.2 Å². The molecule has 0 fully saturated rings. The van der Waals surface area contributed by atoms with Crippen molar-refractivity contribution in [1.82, 2.24) is 4.98 Å². The first-order valence-electron chi connectivity index (χ1n) is 5.62. The molecule has 0 aliphatic heterocycles. The van der Waals surface area contributed by atoms with Crippen LogP contribution < -0.4 is 4.74 Å². The van der Waals surface area contributed by atoms with Crippen molar-refractivity contribution >= 4 is 17.6 Å². The molecule has 124 valence electrons. The highest BCUT2D eigenvalue weighted by molar-refractivity contribution is 6.30. The fourth-order valence-corrected chi connectivity index (χ4v) is 1.63. The molecule has 0 radical (unpaired) electrons. The van der Waals surface area contributed by atoms with Gasteiger partial charge in [0.05, 0.1) is 24.3 Å². The van der Waals surface area contributed by atoms with Crippen LogP contribution in [0.2, 0.25) is 5.15 Å². The second-order valence-corrected chi connectivity index (χ2v) is 4.16. The minimum Gasteiger partial charge on any atom is -0.466 e. The molecule has 0 saturated carbocycles. The maximum absolute atomic E-state index is 12.9. The summed E-state index contributed by atoms with van der Waals surface area (Å²) in [6.07, 6.45) is -11.2. The van der Waals surface area contributed by atoms with E-state index in [1.54, 1.807) is 0 Å². The molecule has 0 aromatic carbocycles. The zero-order valence-electron chi connectivity index (χ0n) is 10.8. The van der Waals surface area contributed by atoms with E-state index in [0.29, 0.717) is 0 Å². The molecule has 0 spiro atoms. The highest BCUT2D eigenvalue weighted by atomic mass is 35.5. The van der Waals surface area contributed by atoms with Gasteiger partial charge in [-0.05, 0) is 13.0 Å². The van der Waals surface area contributed by atoms with Crippen molar-refractivity contribution in [2.24, 2.45) is 0 Å². The monoisotopic (exact) mass is 351 g/mol. The van der Waals surface area contributed by atoms with Crippen molar-refractivity contribution < 1.29 is 40.6 Å². The van der Waals surface area contributed by atoms with Gasteiger partial charge < -0.3 is 9.47 Å². The molecule has 0 saturated heterocycles. The molecule has 1 heterocycles. The van der Waals surface area contributed by atoms with E-state index in [-0.39, 0.29) is 12.7 Å². The second kappa shape index (κ2) is 6.59. The van der Waals surface area contributed by atoms with Crippen molar-refractivity contribution in [3.8, 4) is 5.75 Å². The van der Waals surface area contributed by atoms with Crippen LogP contribution in [0.3, 0.4) is 0 Å². The number of rotatable bonds is 4. The first kappa shape index (κ1) is 18.3. The number of nitrogens with zero attached hydrogens (tertiary/aromatic N) is 1. The number of halogens is 7. The van der Waals surface area contributed by atoms with Crippen molar-refractivity contribution in [2.45, 2.75) is 25.9 Å². The summed E-state index contributed by atoms with van der Waals surface area (Å²) in [6.45, 7) is 1.35. The topological polar surface area (TPSA) is 48.4 Å². The summed E-state index contributed by atoms with van der Waals surface area (Å²) in [5.74, 6) is -2.34. The summed E-state index contributed by atoms with van der Waals surface area (Å²) in [6, 6.07) is 0.0391. The van der Waals surface area contributed by atoms with Gasteiger partial charge >= 0.3 is 18.5 Å². The van der Waals surface area contributed by atoms with E-state index < -0.39 is 47.1 Å². The highest BCUT2D eigenvalue weighted by Gasteiger charge is 2.38. The van der Waals surface area contributed by atoms with Crippen LogP contribution >= 0.6 is 11.6 Å². The van der Waals surface area contributed by atoms with Gasteiger partial charge in [-0.15, -0.1) is 13.2 Å². The Kier molecular flexibility index (Phi) is 5.49. The third-order valence-corrected chi connectivity index (χ3v) is 2.44. The van der Waals surface area contributed by atoms with Crippen molar-refractivity contribution in [3.05, 3.63) is 22.5 Å². The zero-order chi connectivity index (χ0) is 17.1. The Morgan fingerprint density at radius 3 is 2.32 bits per heavy atom. The Morgan fingerprint density at radius 1 is 1.27 bits per heavy atom. The van der Waals surface area contributed by atoms with Crippen LogP contribution in [0.1, 0.15) is 18.2 Å². The van der Waals surface area contributed by atoms with E-state index in [9.17, 15) is 31.1 Å². The fourth-order valence-electron chi connectivity index (χ4n) is 1.43. The Bertz CT molecular complexity index is 558. The predicted octanol–water partition coefficient (Wildman–Crippen LogP) is 3.76. The van der Waals surface area contributed by atoms with Gasteiger partial charge in [-0.1, -0.05) is 11.6 Å². The molecule has 1 aromatic rings. The maximum atomic E-state index is 12.9. The average molecular weight is 352 g/mol. The van der Waals surface area contributed by atoms with Gasteiger partial charge in [0, 0.05) is 0 Å². The molecule has 0 atom stereocenters. The molecule has 22 heavy (non-hydrogen) atoms. The summed E-state index contributed by atoms with van der Waals surface area (Å²) in [5.41, 5.74) is -2.42. The quantitative estimate of drug-likeness (QED) is 0.471. The van der Waals surface area contributed by atoms with Gasteiger partial charge in [0.25, 0.3) is 0 Å². The lowest BCUT2D eigenvalue weighted by Gasteiger charge is -2.16. The lowest BCUT2D eigenvalue weighted by Crippen LogP contribution is -2.20. The predicted molar refractivity (Wildman–Crippen MR) is 61.3 cm³/mol. The average Bonchev–Trinajstić information content (AvgIpc) is 2.29. The van der Waals surface area contributed by atoms with E-state index in [1.807, 2.05) is 0 Å². The number of esters is 1. The highest BCUT2D eigenvalue weighted by Crippen LogP contribution is 2.38. The molecule has 0 aliphatic carbocycles. The van der Waals surface area contributed by atoms with E-state index >= 15 is 0 Å². The van der Waals surface area contributed by atoms with Gasteiger partial charge in [-0.3, -0.25) is 4.79 Å². The van der Waals surface area contributed by atoms with Crippen molar-refractivity contribution in [1.29, 1.82) is 0 Å². The molecular weight excluding hydrogens is 344 g/mol. The minimum atomic E-state index is -5.24. The van der Waals surface area contributed by atoms with Crippen LogP contribution in [0.5, 0.6) is 5.75 Å². The summed E-state index contributed by atoms with van der Waals surface area (Å²) in [4.78, 5) is 14.4. The third kappa shape index (κ3) is 5.24. The van der Waals surface area contributed by atoms with E-state index in [2.05, 4.69) is 14.5 Å². The molecule has 4 nitrogen and oxygen atoms in total. The van der Waals surface area contributed by atoms with Crippen LogP contribution in [0.25, 0.3) is 0 Å². The summed E-state index contributed by atoms with van der Waals surface area (Å²) < 4.78 is 82.7. The largest absolute Gasteiger partial charge is 0.573 e. The number of pyridine rings is 1. The van der Waals surface area contributed by atoms with Crippen molar-refractivity contribution in [3.63, 3.8) is 0 Å². The number of ether oxygens (including phenoxy) is 2. The van der Waals surface area contributed by atoms with Gasteiger partial charge in [0.15, 0.2) is 10.9 Å². The Morgan fingerprint density at radius 2 is 1.86 bits per heavy atom. The molecule has 0 bridgehead atoms. The zero-order valence-corrected chi connectivity index (χ0v) is 11.6. The summed E-state index contributed by atoms with van der Waals surface area (Å²) >= 11 is 5.36. The smallest absolute Gasteiger partial charge is 0.466 e. The molecular formula is C11H8ClF6NO3. The van der Waals surface area contributed by atoms with E-state index in [1.165, 1.54) is 6.92 Å². The van der Waals surface area contributed by atoms with Crippen LogP contribution in [0.4, 0.5) is 26.3 Å². The van der Waals surface area contributed by atoms with Crippen molar-refractivity contribution in [2.75, 3.05) is 6.61 Å². The van der Waals surface area contributed by atoms with Gasteiger partial charge in [-0.25, -0.2) is 4.98 Å². The number of carbonyl (C=O) groups excluding carboxylic acids is 1. The van der Waals surface area contributed by atoms with Crippen LogP contribution in [0.15, 0.2) is 6.07 Å². The first-order chi connectivity index (χ1) is 9.94. The van der Waals surface area contributed by atoms with Gasteiger partial charge in [0.1, 0.15) is 0 Å². The Balaban J connectivity index is 3.27. The normalized spacial score (nSPS) is 12.2. The molecule has 0 aliphatic rings.